The first kappa shape index (κ1) is 26.9. The largest absolute Gasteiger partial charge is 0.477 e. The molecule has 2 amide bonds. The van der Waals surface area contributed by atoms with E-state index < -0.39 is 5.97 Å². The number of aromatic carboxylic acids is 1. The highest BCUT2D eigenvalue weighted by Gasteiger charge is 2.45. The second-order valence-electron chi connectivity index (χ2n) is 11.6. The third-order valence-electron chi connectivity index (χ3n) is 8.33. The molecule has 1 N–H and O–H groups in total. The summed E-state index contributed by atoms with van der Waals surface area (Å²) in [4.78, 5) is 42.6. The van der Waals surface area contributed by atoms with Gasteiger partial charge in [0.15, 0.2) is 0 Å². The van der Waals surface area contributed by atoms with Crippen molar-refractivity contribution in [2.45, 2.75) is 91.0 Å². The van der Waals surface area contributed by atoms with Crippen LogP contribution in [0.4, 0.5) is 5.69 Å². The van der Waals surface area contributed by atoms with Crippen LogP contribution in [0.2, 0.25) is 0 Å². The van der Waals surface area contributed by atoms with E-state index in [2.05, 4.69) is 24.0 Å². The van der Waals surface area contributed by atoms with E-state index >= 15 is 0 Å². The topological polar surface area (TPSA) is 77.9 Å². The van der Waals surface area contributed by atoms with E-state index in [1.807, 2.05) is 13.8 Å². The van der Waals surface area contributed by atoms with Crippen LogP contribution >= 0.6 is 11.3 Å². The number of anilines is 1. The molecule has 7 heteroatoms. The zero-order valence-corrected chi connectivity index (χ0v) is 23.1. The number of carbonyl (C=O) groups excluding carboxylic acids is 2. The van der Waals surface area contributed by atoms with Gasteiger partial charge < -0.3 is 10.0 Å². The molecule has 3 aliphatic carbocycles. The molecular weight excluding hydrogens is 472 g/mol. The Morgan fingerprint density at radius 1 is 1.14 bits per heavy atom. The minimum absolute atomic E-state index is 0.135. The average molecular weight is 515 g/mol. The van der Waals surface area contributed by atoms with Gasteiger partial charge in [-0.1, -0.05) is 39.7 Å². The first-order chi connectivity index (χ1) is 17.2. The van der Waals surface area contributed by atoms with Gasteiger partial charge in [0.2, 0.25) is 11.8 Å². The molecule has 2 saturated carbocycles. The van der Waals surface area contributed by atoms with Gasteiger partial charge in [-0.2, -0.15) is 0 Å². The van der Waals surface area contributed by atoms with Crippen molar-refractivity contribution in [2.24, 2.45) is 23.7 Å². The Bertz CT molecular complexity index is 1000. The number of carbonyl (C=O) groups is 3. The van der Waals surface area contributed by atoms with Crippen LogP contribution in [0.1, 0.15) is 99.5 Å². The molecule has 2 unspecified atom stereocenters. The summed E-state index contributed by atoms with van der Waals surface area (Å²) in [7, 11) is 1.58. The molecule has 2 atom stereocenters. The number of amides is 2. The maximum absolute atomic E-state index is 12.8. The van der Waals surface area contributed by atoms with Crippen LogP contribution in [0.15, 0.2) is 12.1 Å². The summed E-state index contributed by atoms with van der Waals surface area (Å²) in [6.45, 7) is 6.78. The molecule has 0 saturated heterocycles. The van der Waals surface area contributed by atoms with Crippen molar-refractivity contribution in [3.8, 4) is 0 Å². The molecule has 1 aromatic heterocycles. The number of allylic oxidation sites excluding steroid dienone is 2. The molecule has 1 heterocycles. The number of imide groups is 1. The lowest BCUT2D eigenvalue weighted by atomic mass is 9.82. The summed E-state index contributed by atoms with van der Waals surface area (Å²) in [6, 6.07) is 2.26. The van der Waals surface area contributed by atoms with Gasteiger partial charge in [0.25, 0.3) is 0 Å². The molecule has 6 nitrogen and oxygen atoms in total. The third kappa shape index (κ3) is 6.21. The minimum Gasteiger partial charge on any atom is -0.477 e. The van der Waals surface area contributed by atoms with Gasteiger partial charge in [-0.15, -0.1) is 11.3 Å². The number of thiophene rings is 1. The predicted octanol–water partition coefficient (Wildman–Crippen LogP) is 6.46. The van der Waals surface area contributed by atoms with Gasteiger partial charge in [-0.25, -0.2) is 4.79 Å². The fraction of sp³-hybridized carbons (Fsp3) is 0.690. The zero-order chi connectivity index (χ0) is 26.0. The Morgan fingerprint density at radius 2 is 1.86 bits per heavy atom. The van der Waals surface area contributed by atoms with Gasteiger partial charge >= 0.3 is 5.97 Å². The molecule has 0 radical (unpaired) electrons. The maximum Gasteiger partial charge on any atom is 0.348 e. The number of carboxylic acid groups (broad SMARTS) is 1. The van der Waals surface area contributed by atoms with Crippen LogP contribution < -0.4 is 4.90 Å². The molecule has 0 aromatic carbocycles. The van der Waals surface area contributed by atoms with Crippen LogP contribution in [0.25, 0.3) is 5.57 Å². The van der Waals surface area contributed by atoms with Gasteiger partial charge in [0.05, 0.1) is 5.69 Å². The number of hydrogen-bond acceptors (Lipinski definition) is 5. The van der Waals surface area contributed by atoms with Crippen LogP contribution in [0.5, 0.6) is 0 Å². The molecule has 1 aromatic rings. The quantitative estimate of drug-likeness (QED) is 0.409. The fourth-order valence-corrected chi connectivity index (χ4v) is 6.95. The highest BCUT2D eigenvalue weighted by molar-refractivity contribution is 7.15. The van der Waals surface area contributed by atoms with Crippen molar-refractivity contribution in [2.75, 3.05) is 18.5 Å². The molecule has 0 aliphatic heterocycles. The monoisotopic (exact) mass is 514 g/mol. The summed E-state index contributed by atoms with van der Waals surface area (Å²) in [5, 5.41) is 10.1. The van der Waals surface area contributed by atoms with Crippen LogP contribution in [-0.4, -0.2) is 47.4 Å². The summed E-state index contributed by atoms with van der Waals surface area (Å²) < 4.78 is 0. The second kappa shape index (κ2) is 11.5. The van der Waals surface area contributed by atoms with Gasteiger partial charge in [-0.05, 0) is 74.3 Å². The number of hydrogen-bond donors (Lipinski definition) is 1. The Hall–Kier alpha value is -2.15. The predicted molar refractivity (Wildman–Crippen MR) is 145 cm³/mol. The van der Waals surface area contributed by atoms with E-state index in [0.29, 0.717) is 17.2 Å². The van der Waals surface area contributed by atoms with Crippen molar-refractivity contribution >= 4 is 40.4 Å². The third-order valence-corrected chi connectivity index (χ3v) is 9.52. The SMILES string of the molecule is CC1CCC(CN(c2cc(C3=CCCCC3)sc2C(=O)O)C2CC2CC(=O)N(C)C(=O)C(C)C)CC1. The summed E-state index contributed by atoms with van der Waals surface area (Å²) in [5.41, 5.74) is 2.11. The average Bonchev–Trinajstić information content (AvgIpc) is 3.46. The second-order valence-corrected chi connectivity index (χ2v) is 12.6. The van der Waals surface area contributed by atoms with Gasteiger partial charge in [-0.3, -0.25) is 14.5 Å². The first-order valence-corrected chi connectivity index (χ1v) is 14.6. The van der Waals surface area contributed by atoms with Crippen LogP contribution in [0.3, 0.4) is 0 Å². The first-order valence-electron chi connectivity index (χ1n) is 13.8. The highest BCUT2D eigenvalue weighted by atomic mass is 32.1. The molecule has 0 bridgehead atoms. The zero-order valence-electron chi connectivity index (χ0n) is 22.3. The van der Waals surface area contributed by atoms with Crippen molar-refractivity contribution in [1.82, 2.24) is 4.90 Å². The Kier molecular flexibility index (Phi) is 8.59. The lowest BCUT2D eigenvalue weighted by Crippen LogP contribution is -2.37. The normalized spacial score (nSPS) is 25.9. The smallest absolute Gasteiger partial charge is 0.348 e. The van der Waals surface area contributed by atoms with Gasteiger partial charge in [0, 0.05) is 36.9 Å². The molecular formula is C29H42N2O4S. The standard InChI is InChI=1S/C29H42N2O4S/c1-18(2)28(33)30(4)26(32)15-22-14-23(22)31(17-20-12-10-19(3)11-13-20)24-16-25(36-27(24)29(34)35)21-8-6-5-7-9-21/h8,16,18-20,22-23H,5-7,9-15,17H2,1-4H3,(H,34,35). The maximum atomic E-state index is 12.8. The molecule has 0 spiro atoms. The van der Waals surface area contributed by atoms with Crippen molar-refractivity contribution < 1.29 is 19.5 Å². The molecule has 36 heavy (non-hydrogen) atoms. The molecule has 4 rings (SSSR count). The molecule has 3 aliphatic rings. The lowest BCUT2D eigenvalue weighted by molar-refractivity contribution is -0.145. The number of carboxylic acids is 1. The Morgan fingerprint density at radius 3 is 2.47 bits per heavy atom. The van der Waals surface area contributed by atoms with E-state index in [1.165, 1.54) is 53.9 Å². The van der Waals surface area contributed by atoms with E-state index in [1.54, 1.807) is 7.05 Å². The minimum atomic E-state index is -0.865. The Balaban J connectivity index is 1.57. The number of nitrogens with zero attached hydrogens (tertiary/aromatic N) is 2. The van der Waals surface area contributed by atoms with Gasteiger partial charge in [0.1, 0.15) is 4.88 Å². The Labute approximate surface area is 219 Å². The fourth-order valence-electron chi connectivity index (χ4n) is 5.87. The van der Waals surface area contributed by atoms with Crippen molar-refractivity contribution in [3.63, 3.8) is 0 Å². The van der Waals surface area contributed by atoms with Crippen LogP contribution in [-0.2, 0) is 9.59 Å². The molecule has 2 fully saturated rings. The molecule has 198 valence electrons. The lowest BCUT2D eigenvalue weighted by Gasteiger charge is -2.33. The summed E-state index contributed by atoms with van der Waals surface area (Å²) in [5.74, 6) is 0.0939. The summed E-state index contributed by atoms with van der Waals surface area (Å²) in [6.07, 6.45) is 12.7. The van der Waals surface area contributed by atoms with E-state index in [4.69, 9.17) is 0 Å². The van der Waals surface area contributed by atoms with E-state index in [-0.39, 0.29) is 29.7 Å². The van der Waals surface area contributed by atoms with E-state index in [9.17, 15) is 19.5 Å². The van der Waals surface area contributed by atoms with Crippen molar-refractivity contribution in [1.29, 1.82) is 0 Å². The number of rotatable bonds is 9. The van der Waals surface area contributed by atoms with E-state index in [0.717, 1.165) is 48.7 Å². The summed E-state index contributed by atoms with van der Waals surface area (Å²) >= 11 is 1.41. The van der Waals surface area contributed by atoms with Crippen LogP contribution in [0, 0.1) is 23.7 Å². The van der Waals surface area contributed by atoms with Crippen molar-refractivity contribution in [3.05, 3.63) is 21.9 Å². The highest BCUT2D eigenvalue weighted by Crippen LogP contribution is 2.46.